The van der Waals surface area contributed by atoms with Crippen molar-refractivity contribution in [2.24, 2.45) is 0 Å². The zero-order valence-electron chi connectivity index (χ0n) is 10.3. The molecule has 0 aliphatic carbocycles. The van der Waals surface area contributed by atoms with E-state index in [-0.39, 0.29) is 0 Å². The summed E-state index contributed by atoms with van der Waals surface area (Å²) in [7, 11) is 0. The molecule has 0 amide bonds. The SMILES string of the molecule is C=CCCC(C)Nc1c(C)cc(C)cc1Br. The van der Waals surface area contributed by atoms with Crippen LogP contribution in [-0.2, 0) is 0 Å². The van der Waals surface area contributed by atoms with Gasteiger partial charge in [-0.05, 0) is 66.7 Å². The maximum absolute atomic E-state index is 3.75. The lowest BCUT2D eigenvalue weighted by molar-refractivity contribution is 0.718. The Morgan fingerprint density at radius 2 is 2.12 bits per heavy atom. The number of hydrogen-bond acceptors (Lipinski definition) is 1. The molecule has 0 fully saturated rings. The second-order valence-electron chi connectivity index (χ2n) is 4.35. The lowest BCUT2D eigenvalue weighted by Crippen LogP contribution is -2.15. The summed E-state index contributed by atoms with van der Waals surface area (Å²) >= 11 is 3.61. The van der Waals surface area contributed by atoms with Crippen molar-refractivity contribution in [3.63, 3.8) is 0 Å². The van der Waals surface area contributed by atoms with E-state index in [0.29, 0.717) is 6.04 Å². The van der Waals surface area contributed by atoms with Crippen LogP contribution in [0.5, 0.6) is 0 Å². The number of nitrogens with one attached hydrogen (secondary N) is 1. The first-order chi connectivity index (χ1) is 7.54. The number of aryl methyl sites for hydroxylation is 2. The topological polar surface area (TPSA) is 12.0 Å². The fraction of sp³-hybridized carbons (Fsp3) is 0.429. The van der Waals surface area contributed by atoms with Gasteiger partial charge in [-0.25, -0.2) is 0 Å². The van der Waals surface area contributed by atoms with Gasteiger partial charge in [0.25, 0.3) is 0 Å². The van der Waals surface area contributed by atoms with Crippen LogP contribution >= 0.6 is 15.9 Å². The van der Waals surface area contributed by atoms with Crippen molar-refractivity contribution in [1.29, 1.82) is 0 Å². The summed E-state index contributed by atoms with van der Waals surface area (Å²) in [5.74, 6) is 0. The molecule has 0 aliphatic rings. The molecule has 0 aliphatic heterocycles. The molecule has 0 radical (unpaired) electrons. The number of benzene rings is 1. The van der Waals surface area contributed by atoms with Crippen LogP contribution in [0.15, 0.2) is 29.3 Å². The van der Waals surface area contributed by atoms with Crippen LogP contribution in [0.2, 0.25) is 0 Å². The van der Waals surface area contributed by atoms with Crippen molar-refractivity contribution in [2.45, 2.75) is 39.7 Å². The van der Waals surface area contributed by atoms with Gasteiger partial charge in [-0.3, -0.25) is 0 Å². The zero-order chi connectivity index (χ0) is 12.1. The average molecular weight is 282 g/mol. The molecule has 1 aromatic rings. The Morgan fingerprint density at radius 3 is 2.69 bits per heavy atom. The third-order valence-corrected chi connectivity index (χ3v) is 3.25. The van der Waals surface area contributed by atoms with Crippen LogP contribution in [-0.4, -0.2) is 6.04 Å². The van der Waals surface area contributed by atoms with E-state index in [9.17, 15) is 0 Å². The average Bonchev–Trinajstić information content (AvgIpc) is 2.20. The van der Waals surface area contributed by atoms with Gasteiger partial charge in [0.1, 0.15) is 0 Å². The monoisotopic (exact) mass is 281 g/mol. The molecule has 1 unspecified atom stereocenters. The molecule has 0 saturated carbocycles. The highest BCUT2D eigenvalue weighted by Crippen LogP contribution is 2.28. The molecule has 1 atom stereocenters. The maximum atomic E-state index is 3.75. The molecule has 0 aromatic heterocycles. The van der Waals surface area contributed by atoms with Crippen LogP contribution in [0.1, 0.15) is 30.9 Å². The first-order valence-corrected chi connectivity index (χ1v) is 6.48. The van der Waals surface area contributed by atoms with E-state index >= 15 is 0 Å². The Morgan fingerprint density at radius 1 is 1.44 bits per heavy atom. The molecule has 1 N–H and O–H groups in total. The van der Waals surface area contributed by atoms with E-state index in [1.165, 1.54) is 16.8 Å². The smallest absolute Gasteiger partial charge is 0.0516 e. The molecule has 16 heavy (non-hydrogen) atoms. The lowest BCUT2D eigenvalue weighted by atomic mass is 10.1. The summed E-state index contributed by atoms with van der Waals surface area (Å²) in [6.45, 7) is 10.2. The van der Waals surface area contributed by atoms with Crippen LogP contribution in [0.4, 0.5) is 5.69 Å². The minimum absolute atomic E-state index is 0.468. The Kier molecular flexibility index (Phi) is 5.07. The molecule has 1 nitrogen and oxygen atoms in total. The molecular formula is C14H20BrN. The Labute approximate surface area is 107 Å². The van der Waals surface area contributed by atoms with Gasteiger partial charge in [-0.1, -0.05) is 12.1 Å². The van der Waals surface area contributed by atoms with Gasteiger partial charge in [-0.15, -0.1) is 6.58 Å². The van der Waals surface area contributed by atoms with Crippen LogP contribution in [0.25, 0.3) is 0 Å². The molecule has 0 saturated heterocycles. The fourth-order valence-corrected chi connectivity index (χ4v) is 2.57. The third-order valence-electron chi connectivity index (χ3n) is 2.63. The van der Waals surface area contributed by atoms with Gasteiger partial charge in [0.15, 0.2) is 0 Å². The first kappa shape index (κ1) is 13.3. The summed E-state index contributed by atoms with van der Waals surface area (Å²) in [6.07, 6.45) is 4.13. The lowest BCUT2D eigenvalue weighted by Gasteiger charge is -2.18. The predicted molar refractivity (Wildman–Crippen MR) is 76.1 cm³/mol. The second-order valence-corrected chi connectivity index (χ2v) is 5.20. The van der Waals surface area contributed by atoms with Crippen molar-refractivity contribution in [3.05, 3.63) is 40.4 Å². The van der Waals surface area contributed by atoms with Gasteiger partial charge >= 0.3 is 0 Å². The number of hydrogen-bond donors (Lipinski definition) is 1. The summed E-state index contributed by atoms with van der Waals surface area (Å²) in [6, 6.07) is 4.82. The van der Waals surface area contributed by atoms with E-state index in [4.69, 9.17) is 0 Å². The number of allylic oxidation sites excluding steroid dienone is 1. The van der Waals surface area contributed by atoms with Gasteiger partial charge in [0.05, 0.1) is 5.69 Å². The number of anilines is 1. The summed E-state index contributed by atoms with van der Waals surface area (Å²) < 4.78 is 1.15. The predicted octanol–water partition coefficient (Wildman–Crippen LogP) is 4.83. The summed E-state index contributed by atoms with van der Waals surface area (Å²) in [5.41, 5.74) is 3.79. The van der Waals surface area contributed by atoms with Crippen molar-refractivity contribution >= 4 is 21.6 Å². The van der Waals surface area contributed by atoms with Crippen molar-refractivity contribution in [3.8, 4) is 0 Å². The van der Waals surface area contributed by atoms with Crippen molar-refractivity contribution in [1.82, 2.24) is 0 Å². The van der Waals surface area contributed by atoms with Gasteiger partial charge < -0.3 is 5.32 Å². The quantitative estimate of drug-likeness (QED) is 0.762. The van der Waals surface area contributed by atoms with E-state index in [2.05, 4.69) is 60.7 Å². The fourth-order valence-electron chi connectivity index (χ4n) is 1.78. The Bertz CT molecular complexity index is 348. The number of rotatable bonds is 5. The Balaban J connectivity index is 2.76. The summed E-state index contributed by atoms with van der Waals surface area (Å²) in [5, 5.41) is 3.55. The zero-order valence-corrected chi connectivity index (χ0v) is 11.9. The van der Waals surface area contributed by atoms with Gasteiger partial charge in [-0.2, -0.15) is 0 Å². The normalized spacial score (nSPS) is 12.2. The molecule has 1 rings (SSSR count). The third kappa shape index (κ3) is 3.67. The van der Waals surface area contributed by atoms with Crippen molar-refractivity contribution < 1.29 is 0 Å². The van der Waals surface area contributed by atoms with E-state index in [0.717, 1.165) is 17.3 Å². The highest BCUT2D eigenvalue weighted by Gasteiger charge is 2.07. The van der Waals surface area contributed by atoms with E-state index in [1.807, 2.05) is 6.08 Å². The van der Waals surface area contributed by atoms with E-state index < -0.39 is 0 Å². The second kappa shape index (κ2) is 6.09. The van der Waals surface area contributed by atoms with Crippen LogP contribution in [0.3, 0.4) is 0 Å². The summed E-state index contributed by atoms with van der Waals surface area (Å²) in [4.78, 5) is 0. The molecule has 1 aromatic carbocycles. The molecule has 0 bridgehead atoms. The minimum atomic E-state index is 0.468. The number of halogens is 1. The highest BCUT2D eigenvalue weighted by molar-refractivity contribution is 9.10. The molecule has 88 valence electrons. The van der Waals surface area contributed by atoms with Gasteiger partial charge in [0, 0.05) is 10.5 Å². The molecule has 0 heterocycles. The standard InChI is InChI=1S/C14H20BrN/c1-5-6-7-12(4)16-14-11(3)8-10(2)9-13(14)15/h5,8-9,12,16H,1,6-7H2,2-4H3. The minimum Gasteiger partial charge on any atom is -0.381 e. The largest absolute Gasteiger partial charge is 0.381 e. The maximum Gasteiger partial charge on any atom is 0.0516 e. The van der Waals surface area contributed by atoms with Gasteiger partial charge in [0.2, 0.25) is 0 Å². The van der Waals surface area contributed by atoms with Crippen LogP contribution < -0.4 is 5.32 Å². The highest BCUT2D eigenvalue weighted by atomic mass is 79.9. The van der Waals surface area contributed by atoms with E-state index in [1.54, 1.807) is 0 Å². The molecular weight excluding hydrogens is 262 g/mol. The van der Waals surface area contributed by atoms with Crippen LogP contribution in [0, 0.1) is 13.8 Å². The van der Waals surface area contributed by atoms with Crippen molar-refractivity contribution in [2.75, 3.05) is 5.32 Å². The first-order valence-electron chi connectivity index (χ1n) is 5.68. The molecule has 2 heteroatoms. The molecule has 0 spiro atoms. The Hall–Kier alpha value is -0.760.